The Kier molecular flexibility index (Phi) is 11.8. The van der Waals surface area contributed by atoms with Gasteiger partial charge in [0.2, 0.25) is 11.6 Å². The van der Waals surface area contributed by atoms with Gasteiger partial charge in [0.05, 0.1) is 23.8 Å². The third-order valence-electron chi connectivity index (χ3n) is 12.0. The number of carbonyl (C=O) groups is 3. The van der Waals surface area contributed by atoms with Crippen molar-refractivity contribution in [3.05, 3.63) is 76.1 Å². The molecule has 15 heteroatoms. The van der Waals surface area contributed by atoms with Gasteiger partial charge < -0.3 is 42.6 Å². The molecule has 0 aliphatic heterocycles. The van der Waals surface area contributed by atoms with Crippen LogP contribution in [0.2, 0.25) is 18.1 Å². The highest BCUT2D eigenvalue weighted by atomic mass is 28.4. The molecule has 0 bridgehead atoms. The predicted octanol–water partition coefficient (Wildman–Crippen LogP) is 7.91. The average Bonchev–Trinajstić information content (AvgIpc) is 3.54. The first-order valence-electron chi connectivity index (χ1n) is 19.9. The summed E-state index contributed by atoms with van der Waals surface area (Å²) in [4.78, 5) is 49.0. The molecule has 3 aromatic rings. The van der Waals surface area contributed by atoms with Gasteiger partial charge in [-0.3, -0.25) is 14.5 Å². The molecule has 320 valence electrons. The molecule has 14 nitrogen and oxygen atoms in total. The number of aromatic nitrogens is 1. The standard InChI is InChI=1S/C44H59N3O11Si/c1-41(2,3)56-40(51)55-30-20-19-29(46(7)8)27-21-43(24-53-25-52-11)22-28-34(47(9)10)36-32(39(45-57-36)54-23-26-17-15-14-16-18-26)37(49)44(28,58-59(12,13)42(4,5)6)38(50)33(43)35(48)31(27)30/h14-20,28,34,48H,21-25H2,1-13H3/t28-,34-,43-,44+/m0/s1. The Morgan fingerprint density at radius 3 is 2.25 bits per heavy atom. The van der Waals surface area contributed by atoms with Gasteiger partial charge in [-0.2, -0.15) is 0 Å². The molecule has 0 radical (unpaired) electrons. The Morgan fingerprint density at radius 1 is 0.983 bits per heavy atom. The summed E-state index contributed by atoms with van der Waals surface area (Å²) in [5, 5.41) is 16.7. The molecule has 6 rings (SSSR count). The number of aliphatic hydroxyl groups excluding tert-OH is 1. The van der Waals surface area contributed by atoms with Gasteiger partial charge in [0.1, 0.15) is 36.1 Å². The molecule has 1 saturated carbocycles. The summed E-state index contributed by atoms with van der Waals surface area (Å²) in [6.45, 7) is 15.2. The Bertz CT molecular complexity index is 2130. The SMILES string of the molecule is COCOC[C@@]12Cc3c(N(C)C)ccc(OC(=O)OC(C)(C)C)c3C(O)=C1C(=O)[C@]1(O[Si](C)(C)C(C)(C)C)C(=O)c3c(OCc4ccccc4)noc3[C@@H](N(C)C)[C@@H]1C2. The van der Waals surface area contributed by atoms with E-state index in [1.54, 1.807) is 32.9 Å². The van der Waals surface area contributed by atoms with Crippen LogP contribution in [0.1, 0.15) is 86.8 Å². The van der Waals surface area contributed by atoms with E-state index in [4.69, 9.17) is 32.6 Å². The highest BCUT2D eigenvalue weighted by molar-refractivity contribution is 6.74. The maximum absolute atomic E-state index is 16.2. The van der Waals surface area contributed by atoms with Crippen molar-refractivity contribution < 1.29 is 52.1 Å². The third-order valence-corrected chi connectivity index (χ3v) is 16.5. The summed E-state index contributed by atoms with van der Waals surface area (Å²) in [5.41, 5.74) is -1.99. The van der Waals surface area contributed by atoms with Gasteiger partial charge in [-0.25, -0.2) is 4.79 Å². The molecule has 2 aromatic carbocycles. The summed E-state index contributed by atoms with van der Waals surface area (Å²) < 4.78 is 42.4. The summed E-state index contributed by atoms with van der Waals surface area (Å²) in [5.74, 6) is -2.47. The number of rotatable bonds is 12. The zero-order valence-corrected chi connectivity index (χ0v) is 37.6. The van der Waals surface area contributed by atoms with E-state index in [0.29, 0.717) is 5.56 Å². The highest BCUT2D eigenvalue weighted by Crippen LogP contribution is 2.63. The maximum Gasteiger partial charge on any atom is 0.514 e. The number of benzene rings is 2. The Labute approximate surface area is 347 Å². The normalized spacial score (nSPS) is 23.0. The quantitative estimate of drug-likeness (QED) is 0.0468. The van der Waals surface area contributed by atoms with Crippen LogP contribution in [0.25, 0.3) is 5.76 Å². The number of aliphatic hydroxyl groups is 1. The molecule has 3 aliphatic rings. The van der Waals surface area contributed by atoms with Crippen LogP contribution in [0.4, 0.5) is 10.5 Å². The monoisotopic (exact) mass is 833 g/mol. The lowest BCUT2D eigenvalue weighted by Crippen LogP contribution is -2.70. The van der Waals surface area contributed by atoms with Crippen LogP contribution in [0.5, 0.6) is 11.6 Å². The molecule has 0 spiro atoms. The summed E-state index contributed by atoms with van der Waals surface area (Å²) >= 11 is 0. The van der Waals surface area contributed by atoms with Crippen molar-refractivity contribution in [1.82, 2.24) is 10.1 Å². The molecule has 1 fully saturated rings. The number of nitrogens with zero attached hydrogens (tertiary/aromatic N) is 3. The molecule has 59 heavy (non-hydrogen) atoms. The summed E-state index contributed by atoms with van der Waals surface area (Å²) in [6, 6.07) is 12.1. The van der Waals surface area contributed by atoms with Crippen LogP contribution in [-0.2, 0) is 36.5 Å². The van der Waals surface area contributed by atoms with Crippen molar-refractivity contribution in [1.29, 1.82) is 0 Å². The molecular formula is C44H59N3O11Si. The number of ketones is 2. The van der Waals surface area contributed by atoms with E-state index in [9.17, 15) is 9.90 Å². The first-order valence-corrected chi connectivity index (χ1v) is 22.8. The fraction of sp³-hybridized carbons (Fsp3) is 0.545. The number of anilines is 1. The van der Waals surface area contributed by atoms with Crippen molar-refractivity contribution in [2.75, 3.05) is 53.6 Å². The Balaban J connectivity index is 1.65. The topological polar surface area (TPSA) is 159 Å². The first kappa shape index (κ1) is 44.0. The van der Waals surface area contributed by atoms with Crippen LogP contribution in [0.15, 0.2) is 52.6 Å². The van der Waals surface area contributed by atoms with E-state index in [1.807, 2.05) is 102 Å². The van der Waals surface area contributed by atoms with Gasteiger partial charge in [0, 0.05) is 38.2 Å². The lowest BCUT2D eigenvalue weighted by Gasteiger charge is -2.58. The van der Waals surface area contributed by atoms with Crippen molar-refractivity contribution in [3.8, 4) is 11.6 Å². The van der Waals surface area contributed by atoms with E-state index in [2.05, 4.69) is 5.16 Å². The van der Waals surface area contributed by atoms with Crippen LogP contribution >= 0.6 is 0 Å². The summed E-state index contributed by atoms with van der Waals surface area (Å²) in [6.07, 6.45) is -0.691. The zero-order chi connectivity index (χ0) is 43.5. The summed E-state index contributed by atoms with van der Waals surface area (Å²) in [7, 11) is 5.91. The minimum Gasteiger partial charge on any atom is -0.507 e. The Morgan fingerprint density at radius 2 is 1.66 bits per heavy atom. The van der Waals surface area contributed by atoms with Crippen LogP contribution in [0, 0.1) is 11.3 Å². The van der Waals surface area contributed by atoms with Crippen molar-refractivity contribution >= 4 is 37.5 Å². The Hall–Kier alpha value is -4.54. The van der Waals surface area contributed by atoms with Crippen LogP contribution in [0.3, 0.4) is 0 Å². The number of hydrogen-bond acceptors (Lipinski definition) is 14. The minimum atomic E-state index is -3.03. The first-order chi connectivity index (χ1) is 27.5. The number of carbonyl (C=O) groups excluding carboxylic acids is 3. The largest absolute Gasteiger partial charge is 0.514 e. The number of ether oxygens (including phenoxy) is 5. The van der Waals surface area contributed by atoms with Crippen LogP contribution in [-0.4, -0.2) is 101 Å². The number of Topliss-reactive ketones (excluding diaryl/α,β-unsaturated/α-hetero) is 2. The number of methoxy groups -OCH3 is 1. The second kappa shape index (κ2) is 15.8. The van der Waals surface area contributed by atoms with Gasteiger partial charge in [-0.15, -0.1) is 0 Å². The predicted molar refractivity (Wildman–Crippen MR) is 223 cm³/mol. The van der Waals surface area contributed by atoms with E-state index < -0.39 is 65.4 Å². The van der Waals surface area contributed by atoms with Gasteiger partial charge in [0.15, 0.2) is 19.7 Å². The zero-order valence-electron chi connectivity index (χ0n) is 36.6. The number of fused-ring (bicyclic) bond motifs is 4. The van der Waals surface area contributed by atoms with E-state index in [1.165, 1.54) is 7.11 Å². The second-order valence-corrected chi connectivity index (χ2v) is 23.5. The molecule has 0 unspecified atom stereocenters. The maximum atomic E-state index is 16.2. The minimum absolute atomic E-state index is 0.00962. The molecule has 3 aliphatic carbocycles. The van der Waals surface area contributed by atoms with E-state index in [0.717, 1.165) is 11.3 Å². The molecule has 0 amide bonds. The molecule has 1 N–H and O–H groups in total. The van der Waals surface area contributed by atoms with Gasteiger partial charge in [0.25, 0.3) is 5.88 Å². The average molecular weight is 834 g/mol. The smallest absolute Gasteiger partial charge is 0.507 e. The van der Waals surface area contributed by atoms with Crippen LogP contribution < -0.4 is 14.4 Å². The van der Waals surface area contributed by atoms with Gasteiger partial charge >= 0.3 is 6.16 Å². The number of hydrogen-bond donors (Lipinski definition) is 1. The lowest BCUT2D eigenvalue weighted by molar-refractivity contribution is -0.148. The van der Waals surface area contributed by atoms with Gasteiger partial charge in [-0.05, 0) is 94.3 Å². The molecule has 1 aromatic heterocycles. The molecular weight excluding hydrogens is 775 g/mol. The van der Waals surface area contributed by atoms with E-state index in [-0.39, 0.29) is 66.9 Å². The van der Waals surface area contributed by atoms with Crippen molar-refractivity contribution in [3.63, 3.8) is 0 Å². The molecule has 4 atom stereocenters. The van der Waals surface area contributed by atoms with Gasteiger partial charge in [-0.1, -0.05) is 51.1 Å². The molecule has 0 saturated heterocycles. The second-order valence-electron chi connectivity index (χ2n) is 18.8. The van der Waals surface area contributed by atoms with E-state index >= 15 is 9.59 Å². The fourth-order valence-electron chi connectivity index (χ4n) is 8.48. The van der Waals surface area contributed by atoms with Crippen molar-refractivity contribution in [2.24, 2.45) is 11.3 Å². The lowest BCUT2D eigenvalue weighted by atomic mass is 9.51. The third kappa shape index (κ3) is 7.83. The fourth-order valence-corrected chi connectivity index (χ4v) is 9.93. The highest BCUT2D eigenvalue weighted by Gasteiger charge is 2.71. The van der Waals surface area contributed by atoms with Crippen molar-refractivity contribution in [2.45, 2.75) is 96.4 Å². The molecule has 1 heterocycles.